The molecule has 5 nitrogen and oxygen atoms in total. The molecule has 1 amide bonds. The zero-order valence-corrected chi connectivity index (χ0v) is 36.6. The molecule has 0 saturated carbocycles. The number of aliphatic hydroxyl groups is 3. The van der Waals surface area contributed by atoms with Gasteiger partial charge >= 0.3 is 0 Å². The van der Waals surface area contributed by atoms with Gasteiger partial charge in [0.25, 0.3) is 0 Å². The van der Waals surface area contributed by atoms with E-state index in [1.54, 1.807) is 6.08 Å². The Hall–Kier alpha value is -1.69. The minimum absolute atomic E-state index is 0.00141. The van der Waals surface area contributed by atoms with E-state index in [2.05, 4.69) is 55.6 Å². The molecule has 0 aliphatic carbocycles. The van der Waals surface area contributed by atoms with E-state index >= 15 is 0 Å². The van der Waals surface area contributed by atoms with Crippen LogP contribution in [0.25, 0.3) is 0 Å². The zero-order valence-electron chi connectivity index (χ0n) is 36.6. The molecular formula is C50H93NO4. The first-order chi connectivity index (χ1) is 27.0. The SMILES string of the molecule is CCCCC/C=C/CC/C=C/CC/C=C/C(O)C(CO)NC(=O)CC(O)CCCCCCCCCCCCC/C=C\CCCCCCCCCCCCCC. The maximum atomic E-state index is 12.4. The predicted molar refractivity (Wildman–Crippen MR) is 241 cm³/mol. The summed E-state index contributed by atoms with van der Waals surface area (Å²) in [5, 5.41) is 33.2. The Labute approximate surface area is 342 Å². The molecule has 3 unspecified atom stereocenters. The van der Waals surface area contributed by atoms with Gasteiger partial charge in [0.1, 0.15) is 0 Å². The molecule has 3 atom stereocenters. The summed E-state index contributed by atoms with van der Waals surface area (Å²) in [6, 6.07) is -0.767. The van der Waals surface area contributed by atoms with E-state index < -0.39 is 18.2 Å². The van der Waals surface area contributed by atoms with Crippen LogP contribution in [0.5, 0.6) is 0 Å². The highest BCUT2D eigenvalue weighted by atomic mass is 16.3. The van der Waals surface area contributed by atoms with E-state index in [-0.39, 0.29) is 18.9 Å². The van der Waals surface area contributed by atoms with Crippen LogP contribution in [0.4, 0.5) is 0 Å². The molecule has 322 valence electrons. The molecule has 5 heteroatoms. The van der Waals surface area contributed by atoms with Crippen LogP contribution in [0.3, 0.4) is 0 Å². The van der Waals surface area contributed by atoms with E-state index in [9.17, 15) is 20.1 Å². The Morgan fingerprint density at radius 3 is 1.20 bits per heavy atom. The Kier molecular flexibility index (Phi) is 43.6. The number of allylic oxidation sites excluding steroid dienone is 7. The molecule has 0 fully saturated rings. The fourth-order valence-corrected chi connectivity index (χ4v) is 7.13. The molecule has 55 heavy (non-hydrogen) atoms. The number of unbranched alkanes of at least 4 members (excludes halogenated alkanes) is 28. The van der Waals surface area contributed by atoms with Gasteiger partial charge in [-0.05, 0) is 70.6 Å². The molecule has 0 rings (SSSR count). The number of amides is 1. The van der Waals surface area contributed by atoms with Crippen LogP contribution in [0.2, 0.25) is 0 Å². The van der Waals surface area contributed by atoms with Crippen LogP contribution in [0.15, 0.2) is 48.6 Å². The lowest BCUT2D eigenvalue weighted by Gasteiger charge is -2.21. The highest BCUT2D eigenvalue weighted by Crippen LogP contribution is 2.15. The highest BCUT2D eigenvalue weighted by Gasteiger charge is 2.20. The van der Waals surface area contributed by atoms with Gasteiger partial charge in [-0.15, -0.1) is 0 Å². The average molecular weight is 772 g/mol. The van der Waals surface area contributed by atoms with Crippen LogP contribution < -0.4 is 5.32 Å². The summed E-state index contributed by atoms with van der Waals surface area (Å²) in [4.78, 5) is 12.4. The van der Waals surface area contributed by atoms with Crippen molar-refractivity contribution in [1.29, 1.82) is 0 Å². The first-order valence-corrected chi connectivity index (χ1v) is 23.9. The first kappa shape index (κ1) is 53.3. The van der Waals surface area contributed by atoms with Crippen molar-refractivity contribution in [2.45, 2.75) is 257 Å². The summed E-state index contributed by atoms with van der Waals surface area (Å²) in [6.07, 6.45) is 58.5. The molecule has 0 aromatic carbocycles. The van der Waals surface area contributed by atoms with Crippen molar-refractivity contribution in [3.8, 4) is 0 Å². The Morgan fingerprint density at radius 1 is 0.455 bits per heavy atom. The van der Waals surface area contributed by atoms with E-state index in [1.165, 1.54) is 173 Å². The fourth-order valence-electron chi connectivity index (χ4n) is 7.13. The molecule has 0 bridgehead atoms. The van der Waals surface area contributed by atoms with Gasteiger partial charge in [-0.1, -0.05) is 210 Å². The van der Waals surface area contributed by atoms with Crippen molar-refractivity contribution < 1.29 is 20.1 Å². The van der Waals surface area contributed by atoms with Crippen molar-refractivity contribution in [3.63, 3.8) is 0 Å². The Bertz CT molecular complexity index is 896. The normalized spacial score (nSPS) is 13.9. The van der Waals surface area contributed by atoms with Gasteiger partial charge in [0, 0.05) is 0 Å². The summed E-state index contributed by atoms with van der Waals surface area (Å²) in [5.41, 5.74) is 0. The summed E-state index contributed by atoms with van der Waals surface area (Å²) >= 11 is 0. The van der Waals surface area contributed by atoms with Gasteiger partial charge in [0.05, 0.1) is 31.3 Å². The third-order valence-corrected chi connectivity index (χ3v) is 10.8. The van der Waals surface area contributed by atoms with Gasteiger partial charge in [0.2, 0.25) is 5.91 Å². The molecule has 0 saturated heterocycles. The maximum absolute atomic E-state index is 12.4. The standard InChI is InChI=1S/C50H93NO4/c1-3-5-7-9-11-13-15-17-18-19-20-21-22-23-24-25-26-27-28-29-30-32-33-35-37-39-41-43-47(53)45-50(55)51-48(46-52)49(54)44-42-40-38-36-34-31-16-14-12-10-8-6-4-2/h12,14,23-24,34,36,42,44,47-49,52-54H,3-11,13,15-22,25-33,35,37-41,43,45-46H2,1-2H3,(H,51,55)/b14-12+,24-23-,36-34+,44-42+. The lowest BCUT2D eigenvalue weighted by Crippen LogP contribution is -2.45. The van der Waals surface area contributed by atoms with Gasteiger partial charge in [-0.25, -0.2) is 0 Å². The van der Waals surface area contributed by atoms with E-state index in [0.29, 0.717) is 6.42 Å². The number of carbonyl (C=O) groups excluding carboxylic acids is 1. The predicted octanol–water partition coefficient (Wildman–Crippen LogP) is 14.1. The third-order valence-electron chi connectivity index (χ3n) is 10.8. The number of hydrogen-bond donors (Lipinski definition) is 4. The number of aliphatic hydroxyl groups excluding tert-OH is 3. The van der Waals surface area contributed by atoms with E-state index in [4.69, 9.17) is 0 Å². The molecule has 0 spiro atoms. The summed E-state index contributed by atoms with van der Waals surface area (Å²) < 4.78 is 0. The van der Waals surface area contributed by atoms with Crippen LogP contribution >= 0.6 is 0 Å². The minimum atomic E-state index is -0.959. The number of hydrogen-bond acceptors (Lipinski definition) is 4. The Morgan fingerprint density at radius 2 is 0.782 bits per heavy atom. The zero-order chi connectivity index (χ0) is 40.1. The highest BCUT2D eigenvalue weighted by molar-refractivity contribution is 5.76. The largest absolute Gasteiger partial charge is 0.394 e. The number of carbonyl (C=O) groups is 1. The van der Waals surface area contributed by atoms with Crippen molar-refractivity contribution in [2.24, 2.45) is 0 Å². The number of nitrogens with one attached hydrogen (secondary N) is 1. The Balaban J connectivity index is 3.60. The molecule has 0 aromatic heterocycles. The second-order valence-corrected chi connectivity index (χ2v) is 16.3. The average Bonchev–Trinajstić information content (AvgIpc) is 3.18. The van der Waals surface area contributed by atoms with Gasteiger partial charge in [0.15, 0.2) is 0 Å². The molecular weight excluding hydrogens is 679 g/mol. The first-order valence-electron chi connectivity index (χ1n) is 23.9. The van der Waals surface area contributed by atoms with Crippen LogP contribution in [0, 0.1) is 0 Å². The fraction of sp³-hybridized carbons (Fsp3) is 0.820. The van der Waals surface area contributed by atoms with Crippen molar-refractivity contribution in [2.75, 3.05) is 6.61 Å². The lowest BCUT2D eigenvalue weighted by molar-refractivity contribution is -0.124. The van der Waals surface area contributed by atoms with Crippen LogP contribution in [0.1, 0.15) is 239 Å². The second-order valence-electron chi connectivity index (χ2n) is 16.3. The van der Waals surface area contributed by atoms with Gasteiger partial charge in [-0.2, -0.15) is 0 Å². The second kappa shape index (κ2) is 45.0. The summed E-state index contributed by atoms with van der Waals surface area (Å²) in [6.45, 7) is 4.17. The topological polar surface area (TPSA) is 89.8 Å². The molecule has 0 aliphatic heterocycles. The molecule has 0 heterocycles. The lowest BCUT2D eigenvalue weighted by atomic mass is 10.0. The quantitative estimate of drug-likeness (QED) is 0.0367. The van der Waals surface area contributed by atoms with Crippen molar-refractivity contribution >= 4 is 5.91 Å². The van der Waals surface area contributed by atoms with Crippen LogP contribution in [-0.4, -0.2) is 46.1 Å². The summed E-state index contributed by atoms with van der Waals surface area (Å²) in [7, 11) is 0. The van der Waals surface area contributed by atoms with Gasteiger partial charge in [-0.3, -0.25) is 4.79 Å². The van der Waals surface area contributed by atoms with Gasteiger partial charge < -0.3 is 20.6 Å². The number of rotatable bonds is 43. The smallest absolute Gasteiger partial charge is 0.222 e. The minimum Gasteiger partial charge on any atom is -0.394 e. The van der Waals surface area contributed by atoms with Crippen molar-refractivity contribution in [1.82, 2.24) is 5.32 Å². The maximum Gasteiger partial charge on any atom is 0.222 e. The van der Waals surface area contributed by atoms with E-state index in [0.717, 1.165) is 38.5 Å². The van der Waals surface area contributed by atoms with E-state index in [1.807, 2.05) is 6.08 Å². The molecule has 0 aliphatic rings. The molecule has 0 aromatic rings. The third kappa shape index (κ3) is 41.8. The monoisotopic (exact) mass is 772 g/mol. The summed E-state index contributed by atoms with van der Waals surface area (Å²) in [5.74, 6) is -0.331. The molecule has 4 N–H and O–H groups in total. The van der Waals surface area contributed by atoms with Crippen molar-refractivity contribution in [3.05, 3.63) is 48.6 Å². The molecule has 0 radical (unpaired) electrons. The van der Waals surface area contributed by atoms with Crippen LogP contribution in [-0.2, 0) is 4.79 Å².